The number of ketones is 1. The van der Waals surface area contributed by atoms with Gasteiger partial charge in [0.25, 0.3) is 0 Å². The van der Waals surface area contributed by atoms with Crippen molar-refractivity contribution in [3.63, 3.8) is 0 Å². The number of carbonyl (C=O) groups is 2. The molecule has 0 aromatic carbocycles. The van der Waals surface area contributed by atoms with Crippen LogP contribution >= 0.6 is 0 Å². The minimum Gasteiger partial charge on any atom is -0.469 e. The lowest BCUT2D eigenvalue weighted by Crippen LogP contribution is -2.01. The summed E-state index contributed by atoms with van der Waals surface area (Å²) < 4.78 is 4.47. The van der Waals surface area contributed by atoms with E-state index in [0.717, 1.165) is 0 Å². The summed E-state index contributed by atoms with van der Waals surface area (Å²) in [6.45, 7) is 1.66. The molecule has 1 N–H and O–H groups in total. The minimum absolute atomic E-state index is 0.0249. The first-order valence-electron chi connectivity index (χ1n) is 5.85. The highest BCUT2D eigenvalue weighted by Gasteiger charge is 2.01. The smallest absolute Gasteiger partial charge is 0.305 e. The zero-order valence-electron chi connectivity index (χ0n) is 10.8. The van der Waals surface area contributed by atoms with E-state index in [1.54, 1.807) is 37.3 Å². The summed E-state index contributed by atoms with van der Waals surface area (Å²) in [7, 11) is 1.33. The summed E-state index contributed by atoms with van der Waals surface area (Å²) in [5.74, 6) is -0.321. The molecule has 1 atom stereocenters. The number of carbonyl (C=O) groups excluding carboxylic acids is 2. The SMILES string of the molecule is COC(=O)CCCC(=O)C=CC=CC=CC(C)O. The Kier molecular flexibility index (Phi) is 9.50. The zero-order valence-corrected chi connectivity index (χ0v) is 10.8. The predicted molar refractivity (Wildman–Crippen MR) is 70.0 cm³/mol. The van der Waals surface area contributed by atoms with Crippen LogP contribution in [0.5, 0.6) is 0 Å². The number of esters is 1. The predicted octanol–water partition coefficient (Wildman–Crippen LogP) is 1.95. The van der Waals surface area contributed by atoms with Crippen LogP contribution in [0.4, 0.5) is 0 Å². The molecule has 18 heavy (non-hydrogen) atoms. The van der Waals surface area contributed by atoms with Crippen molar-refractivity contribution in [1.82, 2.24) is 0 Å². The van der Waals surface area contributed by atoms with Gasteiger partial charge in [0.1, 0.15) is 0 Å². The van der Waals surface area contributed by atoms with Gasteiger partial charge in [0.05, 0.1) is 13.2 Å². The quantitative estimate of drug-likeness (QED) is 0.407. The second-order valence-electron chi connectivity index (χ2n) is 3.77. The molecule has 4 heteroatoms. The summed E-state index contributed by atoms with van der Waals surface area (Å²) in [4.78, 5) is 22.1. The Labute approximate surface area is 108 Å². The molecule has 1 unspecified atom stereocenters. The summed E-state index contributed by atoms with van der Waals surface area (Å²) in [5, 5.41) is 8.93. The maximum atomic E-state index is 11.3. The molecule has 0 heterocycles. The van der Waals surface area contributed by atoms with E-state index in [0.29, 0.717) is 12.8 Å². The molecule has 0 spiro atoms. The number of rotatable bonds is 8. The van der Waals surface area contributed by atoms with E-state index >= 15 is 0 Å². The molecule has 0 rings (SSSR count). The molecule has 0 aromatic rings. The van der Waals surface area contributed by atoms with Crippen molar-refractivity contribution in [1.29, 1.82) is 0 Å². The van der Waals surface area contributed by atoms with Gasteiger partial charge in [-0.2, -0.15) is 0 Å². The molecule has 100 valence electrons. The van der Waals surface area contributed by atoms with Crippen molar-refractivity contribution in [3.8, 4) is 0 Å². The van der Waals surface area contributed by atoms with Crippen LogP contribution in [0.15, 0.2) is 36.5 Å². The van der Waals surface area contributed by atoms with E-state index in [9.17, 15) is 9.59 Å². The van der Waals surface area contributed by atoms with E-state index in [2.05, 4.69) is 4.74 Å². The van der Waals surface area contributed by atoms with Crippen molar-refractivity contribution in [3.05, 3.63) is 36.5 Å². The Morgan fingerprint density at radius 1 is 1.17 bits per heavy atom. The van der Waals surface area contributed by atoms with Gasteiger partial charge in [-0.25, -0.2) is 0 Å². The van der Waals surface area contributed by atoms with Crippen LogP contribution in [0, 0.1) is 0 Å². The molecule has 4 nitrogen and oxygen atoms in total. The monoisotopic (exact) mass is 252 g/mol. The van der Waals surface area contributed by atoms with Gasteiger partial charge in [0.15, 0.2) is 5.78 Å². The van der Waals surface area contributed by atoms with Crippen LogP contribution in [0.3, 0.4) is 0 Å². The molecule has 0 fully saturated rings. The second-order valence-corrected chi connectivity index (χ2v) is 3.77. The van der Waals surface area contributed by atoms with Gasteiger partial charge >= 0.3 is 5.97 Å². The highest BCUT2D eigenvalue weighted by Crippen LogP contribution is 1.99. The first-order chi connectivity index (χ1) is 8.56. The normalized spacial score (nSPS) is 13.5. The Balaban J connectivity index is 3.77. The summed E-state index contributed by atoms with van der Waals surface area (Å²) in [5.41, 5.74) is 0. The number of allylic oxidation sites excluding steroid dienone is 5. The molecule has 0 amide bonds. The van der Waals surface area contributed by atoms with Crippen molar-refractivity contribution < 1.29 is 19.4 Å². The van der Waals surface area contributed by atoms with Crippen molar-refractivity contribution >= 4 is 11.8 Å². The van der Waals surface area contributed by atoms with Gasteiger partial charge in [-0.05, 0) is 19.4 Å². The lowest BCUT2D eigenvalue weighted by atomic mass is 10.1. The third kappa shape index (κ3) is 10.8. The Bertz CT molecular complexity index is 338. The van der Waals surface area contributed by atoms with Crippen molar-refractivity contribution in [2.45, 2.75) is 32.3 Å². The topological polar surface area (TPSA) is 63.6 Å². The molecule has 0 saturated heterocycles. The molecule has 0 aliphatic heterocycles. The van der Waals surface area contributed by atoms with E-state index in [-0.39, 0.29) is 18.2 Å². The molecule has 0 aromatic heterocycles. The Morgan fingerprint density at radius 3 is 2.44 bits per heavy atom. The van der Waals surface area contributed by atoms with Gasteiger partial charge in [-0.1, -0.05) is 30.4 Å². The Morgan fingerprint density at radius 2 is 1.83 bits per heavy atom. The fraction of sp³-hybridized carbons (Fsp3) is 0.429. The highest BCUT2D eigenvalue weighted by atomic mass is 16.5. The fourth-order valence-electron chi connectivity index (χ4n) is 1.11. The maximum absolute atomic E-state index is 11.3. The van der Waals surface area contributed by atoms with Gasteiger partial charge in [0, 0.05) is 12.8 Å². The van der Waals surface area contributed by atoms with Gasteiger partial charge in [-0.15, -0.1) is 0 Å². The van der Waals surface area contributed by atoms with Crippen molar-refractivity contribution in [2.24, 2.45) is 0 Å². The van der Waals surface area contributed by atoms with Gasteiger partial charge in [-0.3, -0.25) is 9.59 Å². The van der Waals surface area contributed by atoms with E-state index in [1.807, 2.05) is 0 Å². The van der Waals surface area contributed by atoms with Gasteiger partial charge in [0.2, 0.25) is 0 Å². The number of hydrogen-bond acceptors (Lipinski definition) is 4. The van der Waals surface area contributed by atoms with Crippen molar-refractivity contribution in [2.75, 3.05) is 7.11 Å². The Hall–Kier alpha value is -1.68. The van der Waals surface area contributed by atoms with Crippen LogP contribution in [-0.4, -0.2) is 30.1 Å². The van der Waals surface area contributed by atoms with E-state index in [4.69, 9.17) is 5.11 Å². The average molecular weight is 252 g/mol. The summed E-state index contributed by atoms with van der Waals surface area (Å²) in [6.07, 6.45) is 10.5. The van der Waals surface area contributed by atoms with Crippen LogP contribution in [0.25, 0.3) is 0 Å². The summed E-state index contributed by atoms with van der Waals surface area (Å²) >= 11 is 0. The molecule has 0 bridgehead atoms. The third-order valence-electron chi connectivity index (χ3n) is 2.04. The second kappa shape index (κ2) is 10.5. The van der Waals surface area contributed by atoms with E-state index < -0.39 is 6.10 Å². The molecular weight excluding hydrogens is 232 g/mol. The number of aliphatic hydroxyl groups is 1. The van der Waals surface area contributed by atoms with Crippen LogP contribution < -0.4 is 0 Å². The first-order valence-corrected chi connectivity index (χ1v) is 5.85. The minimum atomic E-state index is -0.474. The van der Waals surface area contributed by atoms with Gasteiger partial charge < -0.3 is 9.84 Å². The first kappa shape index (κ1) is 16.3. The lowest BCUT2D eigenvalue weighted by molar-refractivity contribution is -0.140. The van der Waals surface area contributed by atoms with Crippen LogP contribution in [0.1, 0.15) is 26.2 Å². The number of methoxy groups -OCH3 is 1. The third-order valence-corrected chi connectivity index (χ3v) is 2.04. The molecule has 0 aliphatic carbocycles. The molecular formula is C14H20O4. The zero-order chi connectivity index (χ0) is 13.8. The maximum Gasteiger partial charge on any atom is 0.305 e. The number of aliphatic hydroxyl groups excluding tert-OH is 1. The molecule has 0 aliphatic rings. The largest absolute Gasteiger partial charge is 0.469 e. The number of hydrogen-bond donors (Lipinski definition) is 1. The summed E-state index contributed by atoms with van der Waals surface area (Å²) in [6, 6.07) is 0. The molecule has 0 saturated carbocycles. The standard InChI is InChI=1S/C14H20O4/c1-12(15)8-5-3-4-6-9-13(16)10-7-11-14(17)18-2/h3-6,8-9,12,15H,7,10-11H2,1-2H3. The van der Waals surface area contributed by atoms with Crippen LogP contribution in [-0.2, 0) is 14.3 Å². The number of ether oxygens (including phenoxy) is 1. The average Bonchev–Trinajstić information content (AvgIpc) is 2.33. The highest BCUT2D eigenvalue weighted by molar-refractivity contribution is 5.90. The fourth-order valence-corrected chi connectivity index (χ4v) is 1.11. The van der Waals surface area contributed by atoms with E-state index in [1.165, 1.54) is 13.2 Å². The van der Waals surface area contributed by atoms with Crippen LogP contribution in [0.2, 0.25) is 0 Å². The molecule has 0 radical (unpaired) electrons. The lowest BCUT2D eigenvalue weighted by Gasteiger charge is -1.96.